The topological polar surface area (TPSA) is 103 Å². The third-order valence-corrected chi connectivity index (χ3v) is 3.52. The summed E-state index contributed by atoms with van der Waals surface area (Å²) in [5.74, 6) is 0.702. The van der Waals surface area contributed by atoms with Crippen molar-refractivity contribution in [3.05, 3.63) is 52.6 Å². The molecular formula is C17H19N3O5. The van der Waals surface area contributed by atoms with E-state index >= 15 is 0 Å². The molecule has 25 heavy (non-hydrogen) atoms. The fraction of sp³-hybridized carbons (Fsp3) is 0.235. The lowest BCUT2D eigenvalue weighted by Gasteiger charge is -2.16. The van der Waals surface area contributed by atoms with Gasteiger partial charge >= 0.3 is 0 Å². The van der Waals surface area contributed by atoms with E-state index in [9.17, 15) is 14.9 Å². The van der Waals surface area contributed by atoms with Crippen LogP contribution in [-0.2, 0) is 4.79 Å². The van der Waals surface area contributed by atoms with E-state index in [-0.39, 0.29) is 11.4 Å². The molecule has 0 aliphatic heterocycles. The Morgan fingerprint density at radius 3 is 2.44 bits per heavy atom. The molecule has 8 nitrogen and oxygen atoms in total. The molecule has 0 bridgehead atoms. The quantitative estimate of drug-likeness (QED) is 0.590. The lowest BCUT2D eigenvalue weighted by Crippen LogP contribution is -2.32. The Labute approximate surface area is 144 Å². The van der Waals surface area contributed by atoms with E-state index in [0.717, 1.165) is 0 Å². The highest BCUT2D eigenvalue weighted by Crippen LogP contribution is 2.30. The molecule has 0 saturated carbocycles. The zero-order chi connectivity index (χ0) is 18.4. The van der Waals surface area contributed by atoms with Gasteiger partial charge in [-0.05, 0) is 25.1 Å². The molecule has 0 fully saturated rings. The Hall–Kier alpha value is -3.29. The average Bonchev–Trinajstić information content (AvgIpc) is 2.61. The summed E-state index contributed by atoms with van der Waals surface area (Å²) in [6.45, 7) is 1.65. The number of nitrogens with zero attached hydrogens (tertiary/aromatic N) is 1. The van der Waals surface area contributed by atoms with E-state index in [1.165, 1.54) is 26.4 Å². The molecule has 0 radical (unpaired) electrons. The molecule has 1 atom stereocenters. The Morgan fingerprint density at radius 1 is 1.12 bits per heavy atom. The van der Waals surface area contributed by atoms with Gasteiger partial charge in [0, 0.05) is 17.8 Å². The standard InChI is InChI=1S/C17H19N3O5/c1-11(18-12-8-9-15(24-2)16(10-12)25-3)17(21)19-13-6-4-5-7-14(13)20(22)23/h4-11,18H,1-3H3,(H,19,21). The molecule has 1 unspecified atom stereocenters. The van der Waals surface area contributed by atoms with Crippen LogP contribution in [0.4, 0.5) is 17.1 Å². The predicted octanol–water partition coefficient (Wildman–Crippen LogP) is 3.05. The number of para-hydroxylation sites is 2. The predicted molar refractivity (Wildman–Crippen MR) is 94.4 cm³/mol. The van der Waals surface area contributed by atoms with Crippen molar-refractivity contribution in [2.24, 2.45) is 0 Å². The first-order valence-corrected chi connectivity index (χ1v) is 7.49. The molecule has 2 rings (SSSR count). The van der Waals surface area contributed by atoms with Gasteiger partial charge in [-0.1, -0.05) is 12.1 Å². The minimum absolute atomic E-state index is 0.151. The summed E-state index contributed by atoms with van der Waals surface area (Å²) < 4.78 is 10.4. The average molecular weight is 345 g/mol. The van der Waals surface area contributed by atoms with E-state index in [0.29, 0.717) is 17.2 Å². The molecule has 8 heteroatoms. The van der Waals surface area contributed by atoms with E-state index in [1.807, 2.05) is 0 Å². The normalized spacial score (nSPS) is 11.3. The summed E-state index contributed by atoms with van der Waals surface area (Å²) in [6.07, 6.45) is 0. The molecule has 132 valence electrons. The number of hydrogen-bond donors (Lipinski definition) is 2. The summed E-state index contributed by atoms with van der Waals surface area (Å²) in [7, 11) is 3.06. The molecule has 1 amide bonds. The fourth-order valence-corrected chi connectivity index (χ4v) is 2.22. The highest BCUT2D eigenvalue weighted by Gasteiger charge is 2.19. The van der Waals surface area contributed by atoms with Crippen LogP contribution in [0.1, 0.15) is 6.92 Å². The lowest BCUT2D eigenvalue weighted by molar-refractivity contribution is -0.383. The summed E-state index contributed by atoms with van der Waals surface area (Å²) in [5.41, 5.74) is 0.649. The lowest BCUT2D eigenvalue weighted by atomic mass is 10.2. The van der Waals surface area contributed by atoms with Crippen LogP contribution in [0.2, 0.25) is 0 Å². The number of methoxy groups -OCH3 is 2. The van der Waals surface area contributed by atoms with Gasteiger partial charge in [-0.2, -0.15) is 0 Å². The van der Waals surface area contributed by atoms with Crippen molar-refractivity contribution < 1.29 is 19.2 Å². The second-order valence-corrected chi connectivity index (χ2v) is 5.20. The van der Waals surface area contributed by atoms with Crippen LogP contribution in [0, 0.1) is 10.1 Å². The molecule has 0 saturated heterocycles. The van der Waals surface area contributed by atoms with Crippen LogP contribution in [0.3, 0.4) is 0 Å². The maximum atomic E-state index is 12.3. The third kappa shape index (κ3) is 4.37. The number of nitrogens with one attached hydrogen (secondary N) is 2. The Balaban J connectivity index is 2.10. The zero-order valence-electron chi connectivity index (χ0n) is 14.1. The second kappa shape index (κ2) is 8.00. The Bertz CT molecular complexity index is 779. The number of hydrogen-bond acceptors (Lipinski definition) is 6. The van der Waals surface area contributed by atoms with Crippen molar-refractivity contribution >= 4 is 23.0 Å². The molecular weight excluding hydrogens is 326 g/mol. The number of rotatable bonds is 7. The van der Waals surface area contributed by atoms with Crippen molar-refractivity contribution in [1.29, 1.82) is 0 Å². The van der Waals surface area contributed by atoms with Gasteiger partial charge in [-0.3, -0.25) is 14.9 Å². The fourth-order valence-electron chi connectivity index (χ4n) is 2.22. The van der Waals surface area contributed by atoms with Crippen LogP contribution >= 0.6 is 0 Å². The van der Waals surface area contributed by atoms with Gasteiger partial charge in [0.25, 0.3) is 5.69 Å². The minimum Gasteiger partial charge on any atom is -0.493 e. The highest BCUT2D eigenvalue weighted by molar-refractivity contribution is 5.98. The number of ether oxygens (including phenoxy) is 2. The van der Waals surface area contributed by atoms with Gasteiger partial charge in [0.1, 0.15) is 11.7 Å². The Kier molecular flexibility index (Phi) is 5.78. The maximum absolute atomic E-state index is 12.3. The van der Waals surface area contributed by atoms with Gasteiger partial charge in [-0.25, -0.2) is 0 Å². The Morgan fingerprint density at radius 2 is 1.80 bits per heavy atom. The van der Waals surface area contributed by atoms with Crippen LogP contribution < -0.4 is 20.1 Å². The zero-order valence-corrected chi connectivity index (χ0v) is 14.1. The summed E-state index contributed by atoms with van der Waals surface area (Å²) in [4.78, 5) is 22.8. The van der Waals surface area contributed by atoms with Gasteiger partial charge in [0.05, 0.1) is 19.1 Å². The molecule has 2 aromatic carbocycles. The summed E-state index contributed by atoms with van der Waals surface area (Å²) in [6, 6.07) is 10.5. The smallest absolute Gasteiger partial charge is 0.292 e. The molecule has 0 aliphatic carbocycles. The number of anilines is 2. The molecule has 0 spiro atoms. The van der Waals surface area contributed by atoms with Gasteiger partial charge in [0.15, 0.2) is 11.5 Å². The van der Waals surface area contributed by atoms with E-state index < -0.39 is 16.9 Å². The monoisotopic (exact) mass is 345 g/mol. The van der Waals surface area contributed by atoms with Gasteiger partial charge in [0.2, 0.25) is 5.91 Å². The van der Waals surface area contributed by atoms with E-state index in [4.69, 9.17) is 9.47 Å². The highest BCUT2D eigenvalue weighted by atomic mass is 16.6. The van der Waals surface area contributed by atoms with Crippen LogP contribution in [0.25, 0.3) is 0 Å². The molecule has 2 N–H and O–H groups in total. The first kappa shape index (κ1) is 18.1. The SMILES string of the molecule is COc1ccc(NC(C)C(=O)Nc2ccccc2[N+](=O)[O-])cc1OC. The van der Waals surface area contributed by atoms with Crippen LogP contribution in [0.5, 0.6) is 11.5 Å². The van der Waals surface area contributed by atoms with Gasteiger partial charge < -0.3 is 20.1 Å². The van der Waals surface area contributed by atoms with Crippen LogP contribution in [-0.4, -0.2) is 31.1 Å². The summed E-state index contributed by atoms with van der Waals surface area (Å²) >= 11 is 0. The number of nitro benzene ring substituents is 1. The molecule has 0 aromatic heterocycles. The van der Waals surface area contributed by atoms with Crippen molar-refractivity contribution in [3.63, 3.8) is 0 Å². The number of nitro groups is 1. The van der Waals surface area contributed by atoms with E-state index in [1.54, 1.807) is 37.3 Å². The molecule has 0 aliphatic rings. The first-order chi connectivity index (χ1) is 12.0. The number of carbonyl (C=O) groups is 1. The van der Waals surface area contributed by atoms with Crippen molar-refractivity contribution in [2.75, 3.05) is 24.9 Å². The minimum atomic E-state index is -0.627. The number of amides is 1. The third-order valence-electron chi connectivity index (χ3n) is 3.52. The second-order valence-electron chi connectivity index (χ2n) is 5.20. The summed E-state index contributed by atoms with van der Waals surface area (Å²) in [5, 5.41) is 16.6. The molecule has 0 heterocycles. The molecule has 2 aromatic rings. The van der Waals surface area contributed by atoms with Crippen LogP contribution in [0.15, 0.2) is 42.5 Å². The number of benzene rings is 2. The first-order valence-electron chi connectivity index (χ1n) is 7.49. The van der Waals surface area contributed by atoms with Gasteiger partial charge in [-0.15, -0.1) is 0 Å². The van der Waals surface area contributed by atoms with Crippen molar-refractivity contribution in [3.8, 4) is 11.5 Å². The maximum Gasteiger partial charge on any atom is 0.292 e. The van der Waals surface area contributed by atoms with Crippen molar-refractivity contribution in [1.82, 2.24) is 0 Å². The number of carbonyl (C=O) groups excluding carboxylic acids is 1. The van der Waals surface area contributed by atoms with Crippen molar-refractivity contribution in [2.45, 2.75) is 13.0 Å². The van der Waals surface area contributed by atoms with E-state index in [2.05, 4.69) is 10.6 Å². The largest absolute Gasteiger partial charge is 0.493 e.